The number of nitrogens with zero attached hydrogens (tertiary/aromatic N) is 1. The Morgan fingerprint density at radius 2 is 2.06 bits per heavy atom. The Morgan fingerprint density at radius 1 is 1.44 bits per heavy atom. The van der Waals surface area contributed by atoms with Crippen LogP contribution in [0.25, 0.3) is 0 Å². The third-order valence-electron chi connectivity index (χ3n) is 2.65. The van der Waals surface area contributed by atoms with E-state index < -0.39 is 15.9 Å². The highest BCUT2D eigenvalue weighted by Crippen LogP contribution is 2.28. The first kappa shape index (κ1) is 15.5. The number of rotatable bonds is 5. The molecule has 0 amide bonds. The van der Waals surface area contributed by atoms with Gasteiger partial charge in [-0.2, -0.15) is 0 Å². The van der Waals surface area contributed by atoms with Crippen molar-refractivity contribution in [1.82, 2.24) is 0 Å². The van der Waals surface area contributed by atoms with E-state index in [4.69, 9.17) is 0 Å². The molecule has 18 heavy (non-hydrogen) atoms. The molecule has 1 N–H and O–H groups in total. The van der Waals surface area contributed by atoms with Crippen LogP contribution >= 0.6 is 15.9 Å². The van der Waals surface area contributed by atoms with Crippen LogP contribution in [0.5, 0.6) is 0 Å². The Labute approximate surface area is 117 Å². The zero-order valence-corrected chi connectivity index (χ0v) is 13.1. The van der Waals surface area contributed by atoms with E-state index in [0.29, 0.717) is 6.54 Å². The molecule has 0 aromatic heterocycles. The molecule has 0 spiro atoms. The van der Waals surface area contributed by atoms with Crippen molar-refractivity contribution in [3.8, 4) is 0 Å². The van der Waals surface area contributed by atoms with Crippen LogP contribution < -0.4 is 4.90 Å². The van der Waals surface area contributed by atoms with E-state index in [1.807, 2.05) is 30.1 Å². The van der Waals surface area contributed by atoms with Gasteiger partial charge in [-0.1, -0.05) is 22.0 Å². The van der Waals surface area contributed by atoms with Gasteiger partial charge in [0.1, 0.15) is 9.84 Å². The second kappa shape index (κ2) is 6.04. The normalized spacial score (nSPS) is 13.4. The molecule has 1 aromatic carbocycles. The number of hydrogen-bond acceptors (Lipinski definition) is 4. The number of benzene rings is 1. The second-order valence-corrected chi connectivity index (χ2v) is 7.61. The SMILES string of the molecule is CC(O)c1ccc(Br)cc1N(C)CCS(C)(=O)=O. The summed E-state index contributed by atoms with van der Waals surface area (Å²) in [6.45, 7) is 2.09. The van der Waals surface area contributed by atoms with Crippen LogP contribution in [0.3, 0.4) is 0 Å². The van der Waals surface area contributed by atoms with Crippen LogP contribution in [0.1, 0.15) is 18.6 Å². The van der Waals surface area contributed by atoms with Crippen LogP contribution in [0.2, 0.25) is 0 Å². The maximum absolute atomic E-state index is 11.2. The highest BCUT2D eigenvalue weighted by molar-refractivity contribution is 9.10. The van der Waals surface area contributed by atoms with Crippen LogP contribution in [-0.4, -0.2) is 39.1 Å². The zero-order chi connectivity index (χ0) is 13.9. The molecule has 0 bridgehead atoms. The van der Waals surface area contributed by atoms with E-state index in [1.165, 1.54) is 6.26 Å². The van der Waals surface area contributed by atoms with E-state index >= 15 is 0 Å². The van der Waals surface area contributed by atoms with Crippen molar-refractivity contribution in [2.24, 2.45) is 0 Å². The van der Waals surface area contributed by atoms with Crippen molar-refractivity contribution >= 4 is 31.5 Å². The fraction of sp³-hybridized carbons (Fsp3) is 0.500. The lowest BCUT2D eigenvalue weighted by Gasteiger charge is -2.23. The third kappa shape index (κ3) is 4.59. The molecule has 4 nitrogen and oxygen atoms in total. The average Bonchev–Trinajstić information content (AvgIpc) is 2.24. The molecule has 1 atom stereocenters. The Morgan fingerprint density at radius 3 is 2.56 bits per heavy atom. The topological polar surface area (TPSA) is 57.6 Å². The van der Waals surface area contributed by atoms with E-state index in [0.717, 1.165) is 15.7 Å². The van der Waals surface area contributed by atoms with Crippen LogP contribution in [0.15, 0.2) is 22.7 Å². The summed E-state index contributed by atoms with van der Waals surface area (Å²) in [6, 6.07) is 5.57. The van der Waals surface area contributed by atoms with Crippen molar-refractivity contribution in [3.05, 3.63) is 28.2 Å². The maximum Gasteiger partial charge on any atom is 0.149 e. The largest absolute Gasteiger partial charge is 0.389 e. The lowest BCUT2D eigenvalue weighted by Crippen LogP contribution is -2.26. The molecule has 0 saturated heterocycles. The van der Waals surface area contributed by atoms with E-state index in [1.54, 1.807) is 6.92 Å². The van der Waals surface area contributed by atoms with Crippen molar-refractivity contribution in [1.29, 1.82) is 0 Å². The summed E-state index contributed by atoms with van der Waals surface area (Å²) in [7, 11) is -1.17. The first-order chi connectivity index (χ1) is 8.20. The van der Waals surface area contributed by atoms with Crippen LogP contribution in [0.4, 0.5) is 5.69 Å². The van der Waals surface area contributed by atoms with E-state index in [9.17, 15) is 13.5 Å². The summed E-state index contributed by atoms with van der Waals surface area (Å²) in [4.78, 5) is 1.84. The summed E-state index contributed by atoms with van der Waals surface area (Å²) < 4.78 is 23.2. The first-order valence-electron chi connectivity index (χ1n) is 5.57. The van der Waals surface area contributed by atoms with E-state index in [2.05, 4.69) is 15.9 Å². The van der Waals surface area contributed by atoms with Crippen molar-refractivity contribution in [3.63, 3.8) is 0 Å². The smallest absolute Gasteiger partial charge is 0.149 e. The summed E-state index contributed by atoms with van der Waals surface area (Å²) in [5, 5.41) is 9.71. The van der Waals surface area contributed by atoms with Gasteiger partial charge in [-0.15, -0.1) is 0 Å². The fourth-order valence-corrected chi connectivity index (χ4v) is 2.58. The molecule has 1 aromatic rings. The van der Waals surface area contributed by atoms with Gasteiger partial charge in [-0.3, -0.25) is 0 Å². The van der Waals surface area contributed by atoms with Gasteiger partial charge in [-0.05, 0) is 19.1 Å². The zero-order valence-electron chi connectivity index (χ0n) is 10.7. The number of hydrogen-bond donors (Lipinski definition) is 1. The Kier molecular flexibility index (Phi) is 5.19. The summed E-state index contributed by atoms with van der Waals surface area (Å²) >= 11 is 3.38. The molecule has 0 aliphatic rings. The molecule has 0 radical (unpaired) electrons. The van der Waals surface area contributed by atoms with Crippen molar-refractivity contribution in [2.75, 3.05) is 30.5 Å². The molecule has 0 heterocycles. The molecular weight excluding hydrogens is 318 g/mol. The molecule has 1 rings (SSSR count). The van der Waals surface area contributed by atoms with Gasteiger partial charge in [0.2, 0.25) is 0 Å². The monoisotopic (exact) mass is 335 g/mol. The van der Waals surface area contributed by atoms with Crippen molar-refractivity contribution < 1.29 is 13.5 Å². The first-order valence-corrected chi connectivity index (χ1v) is 8.42. The molecular formula is C12H18BrNO3S. The molecule has 0 aliphatic heterocycles. The number of aliphatic hydroxyl groups excluding tert-OH is 1. The molecule has 0 fully saturated rings. The maximum atomic E-state index is 11.2. The lowest BCUT2D eigenvalue weighted by atomic mass is 10.1. The van der Waals surface area contributed by atoms with Gasteiger partial charge in [0, 0.05) is 35.6 Å². The van der Waals surface area contributed by atoms with Crippen LogP contribution in [-0.2, 0) is 9.84 Å². The predicted octanol–water partition coefficient (Wildman–Crippen LogP) is 1.98. The minimum absolute atomic E-state index is 0.0925. The van der Waals surface area contributed by atoms with E-state index in [-0.39, 0.29) is 5.75 Å². The molecule has 1 unspecified atom stereocenters. The highest BCUT2D eigenvalue weighted by Gasteiger charge is 2.13. The van der Waals surface area contributed by atoms with Crippen molar-refractivity contribution in [2.45, 2.75) is 13.0 Å². The Balaban J connectivity index is 2.96. The quantitative estimate of drug-likeness (QED) is 0.893. The number of halogens is 1. The van der Waals surface area contributed by atoms with Crippen LogP contribution in [0, 0.1) is 0 Å². The Bertz CT molecular complexity index is 514. The summed E-state index contributed by atoms with van der Waals surface area (Å²) in [5.41, 5.74) is 1.62. The minimum Gasteiger partial charge on any atom is -0.389 e. The van der Waals surface area contributed by atoms with Gasteiger partial charge < -0.3 is 10.0 Å². The molecule has 102 valence electrons. The average molecular weight is 336 g/mol. The second-order valence-electron chi connectivity index (χ2n) is 4.43. The number of aliphatic hydroxyl groups is 1. The molecule has 0 aliphatic carbocycles. The van der Waals surface area contributed by atoms with Gasteiger partial charge in [0.15, 0.2) is 0 Å². The van der Waals surface area contributed by atoms with Gasteiger partial charge >= 0.3 is 0 Å². The van der Waals surface area contributed by atoms with Gasteiger partial charge in [0.25, 0.3) is 0 Å². The molecule has 0 saturated carbocycles. The van der Waals surface area contributed by atoms with Gasteiger partial charge in [0.05, 0.1) is 11.9 Å². The summed E-state index contributed by atoms with van der Waals surface area (Å²) in [6.07, 6.45) is 0.630. The fourth-order valence-electron chi connectivity index (χ4n) is 1.62. The number of anilines is 1. The predicted molar refractivity (Wildman–Crippen MR) is 77.8 cm³/mol. The third-order valence-corrected chi connectivity index (χ3v) is 4.07. The Hall–Kier alpha value is -0.590. The minimum atomic E-state index is -2.99. The number of sulfone groups is 1. The van der Waals surface area contributed by atoms with Gasteiger partial charge in [-0.25, -0.2) is 8.42 Å². The highest BCUT2D eigenvalue weighted by atomic mass is 79.9. The lowest BCUT2D eigenvalue weighted by molar-refractivity contribution is 0.199. The standard InChI is InChI=1S/C12H18BrNO3S/c1-9(15)11-5-4-10(13)8-12(11)14(2)6-7-18(3,16)17/h4-5,8-9,15H,6-7H2,1-3H3. The molecule has 6 heteroatoms. The summed E-state index contributed by atoms with van der Waals surface area (Å²) in [5.74, 6) is 0.0925.